The van der Waals surface area contributed by atoms with Crippen molar-refractivity contribution in [2.45, 2.75) is 37.5 Å². The summed E-state index contributed by atoms with van der Waals surface area (Å²) in [6, 6.07) is 3.90. The predicted molar refractivity (Wildman–Crippen MR) is 68.0 cm³/mol. The highest BCUT2D eigenvalue weighted by Crippen LogP contribution is 2.34. The smallest absolute Gasteiger partial charge is 0.381 e. The predicted octanol–water partition coefficient (Wildman–Crippen LogP) is 3.49. The maximum Gasteiger partial charge on any atom is 0.419 e. The van der Waals surface area contributed by atoms with Crippen molar-refractivity contribution in [1.29, 1.82) is 0 Å². The van der Waals surface area contributed by atoms with Crippen LogP contribution in [0.2, 0.25) is 0 Å². The Morgan fingerprint density at radius 3 is 2.55 bits per heavy atom. The third-order valence-electron chi connectivity index (χ3n) is 3.93. The lowest BCUT2D eigenvalue weighted by atomic mass is 10.1. The zero-order chi connectivity index (χ0) is 14.3. The van der Waals surface area contributed by atoms with E-state index in [1.807, 2.05) is 0 Å². The van der Waals surface area contributed by atoms with Crippen LogP contribution in [-0.2, 0) is 6.18 Å². The molecule has 0 radical (unpaired) electrons. The third-order valence-corrected chi connectivity index (χ3v) is 3.93. The minimum atomic E-state index is -4.66. The second-order valence-electron chi connectivity index (χ2n) is 5.55. The molecule has 1 aromatic rings. The Balaban J connectivity index is 1.68. The monoisotopic (exact) mass is 288 g/mol. The van der Waals surface area contributed by atoms with Gasteiger partial charge >= 0.3 is 6.18 Å². The molecule has 0 spiro atoms. The molecule has 110 valence electrons. The fraction of sp³-hybridized carbons (Fsp3) is 0.571. The normalized spacial score (nSPS) is 24.1. The first-order chi connectivity index (χ1) is 9.43. The van der Waals surface area contributed by atoms with Crippen molar-refractivity contribution in [3.05, 3.63) is 29.6 Å². The zero-order valence-corrected chi connectivity index (χ0v) is 10.9. The summed E-state index contributed by atoms with van der Waals surface area (Å²) in [7, 11) is 0. The van der Waals surface area contributed by atoms with Gasteiger partial charge in [-0.05, 0) is 37.5 Å². The molecular weight excluding hydrogens is 272 g/mol. The first-order valence-electron chi connectivity index (χ1n) is 6.81. The second-order valence-corrected chi connectivity index (χ2v) is 5.55. The third kappa shape index (κ3) is 2.90. The topological polar surface area (TPSA) is 15.3 Å². The van der Waals surface area contributed by atoms with E-state index >= 15 is 0 Å². The largest absolute Gasteiger partial charge is 0.419 e. The van der Waals surface area contributed by atoms with Crippen LogP contribution in [0.1, 0.15) is 24.8 Å². The van der Waals surface area contributed by atoms with Gasteiger partial charge in [0.1, 0.15) is 5.82 Å². The molecule has 1 N–H and O–H groups in total. The van der Waals surface area contributed by atoms with Gasteiger partial charge in [-0.2, -0.15) is 13.2 Å². The van der Waals surface area contributed by atoms with Crippen LogP contribution >= 0.6 is 0 Å². The molecule has 1 aliphatic carbocycles. The molecule has 1 saturated heterocycles. The van der Waals surface area contributed by atoms with E-state index in [4.69, 9.17) is 0 Å². The molecule has 20 heavy (non-hydrogen) atoms. The Morgan fingerprint density at radius 2 is 1.90 bits per heavy atom. The van der Waals surface area contributed by atoms with E-state index in [0.717, 1.165) is 31.6 Å². The number of hydrogen-bond acceptors (Lipinski definition) is 2. The number of anilines is 1. The van der Waals surface area contributed by atoms with Gasteiger partial charge in [0, 0.05) is 30.9 Å². The quantitative estimate of drug-likeness (QED) is 0.856. The van der Waals surface area contributed by atoms with Crippen molar-refractivity contribution in [1.82, 2.24) is 4.90 Å². The van der Waals surface area contributed by atoms with Gasteiger partial charge in [-0.15, -0.1) is 0 Å². The highest BCUT2D eigenvalue weighted by Gasteiger charge is 2.36. The van der Waals surface area contributed by atoms with Crippen molar-refractivity contribution in [2.24, 2.45) is 0 Å². The lowest BCUT2D eigenvalue weighted by Gasteiger charge is -2.17. The number of alkyl halides is 3. The van der Waals surface area contributed by atoms with Gasteiger partial charge in [-0.25, -0.2) is 4.39 Å². The van der Waals surface area contributed by atoms with Gasteiger partial charge in [-0.1, -0.05) is 0 Å². The number of likely N-dealkylation sites (tertiary alicyclic amines) is 1. The number of benzene rings is 1. The van der Waals surface area contributed by atoms with Gasteiger partial charge in [-0.3, -0.25) is 4.90 Å². The van der Waals surface area contributed by atoms with E-state index in [0.29, 0.717) is 11.7 Å². The summed E-state index contributed by atoms with van der Waals surface area (Å²) in [5.41, 5.74) is -0.874. The molecule has 1 unspecified atom stereocenters. The molecule has 1 aliphatic heterocycles. The average Bonchev–Trinajstić information content (AvgIpc) is 3.12. The van der Waals surface area contributed by atoms with E-state index in [-0.39, 0.29) is 6.04 Å². The Kier molecular flexibility index (Phi) is 3.36. The SMILES string of the molecule is Fc1ccc(NC2CCN(C3CC3)C2)cc1C(F)(F)F. The molecule has 0 amide bonds. The van der Waals surface area contributed by atoms with Gasteiger partial charge in [0.15, 0.2) is 0 Å². The van der Waals surface area contributed by atoms with E-state index < -0.39 is 17.6 Å². The highest BCUT2D eigenvalue weighted by molar-refractivity contribution is 5.48. The van der Waals surface area contributed by atoms with Gasteiger partial charge in [0.05, 0.1) is 5.56 Å². The fourth-order valence-electron chi connectivity index (χ4n) is 2.74. The highest BCUT2D eigenvalue weighted by atomic mass is 19.4. The molecule has 3 rings (SSSR count). The summed E-state index contributed by atoms with van der Waals surface area (Å²) in [5, 5.41) is 3.08. The van der Waals surface area contributed by atoms with Crippen molar-refractivity contribution < 1.29 is 17.6 Å². The Labute approximate surface area is 114 Å². The van der Waals surface area contributed by atoms with Crippen LogP contribution < -0.4 is 5.32 Å². The minimum Gasteiger partial charge on any atom is -0.381 e. The van der Waals surface area contributed by atoms with Crippen LogP contribution in [0.25, 0.3) is 0 Å². The van der Waals surface area contributed by atoms with Gasteiger partial charge < -0.3 is 5.32 Å². The molecule has 2 nitrogen and oxygen atoms in total. The summed E-state index contributed by atoms with van der Waals surface area (Å²) in [5.74, 6) is -1.23. The Hall–Kier alpha value is -1.30. The van der Waals surface area contributed by atoms with Crippen LogP contribution in [0.4, 0.5) is 23.2 Å². The van der Waals surface area contributed by atoms with Crippen LogP contribution in [-0.4, -0.2) is 30.1 Å². The van der Waals surface area contributed by atoms with Crippen LogP contribution in [0, 0.1) is 5.82 Å². The summed E-state index contributed by atoms with van der Waals surface area (Å²) in [6.07, 6.45) is -1.30. The van der Waals surface area contributed by atoms with Crippen molar-refractivity contribution in [3.8, 4) is 0 Å². The first-order valence-corrected chi connectivity index (χ1v) is 6.81. The van der Waals surface area contributed by atoms with E-state index in [1.54, 1.807) is 0 Å². The summed E-state index contributed by atoms with van der Waals surface area (Å²) >= 11 is 0. The minimum absolute atomic E-state index is 0.141. The molecule has 2 fully saturated rings. The molecular formula is C14H16F4N2. The molecule has 0 aromatic heterocycles. The molecule has 1 heterocycles. The Morgan fingerprint density at radius 1 is 1.15 bits per heavy atom. The molecule has 6 heteroatoms. The summed E-state index contributed by atoms with van der Waals surface area (Å²) in [4.78, 5) is 2.37. The lowest BCUT2D eigenvalue weighted by Crippen LogP contribution is -2.27. The Bertz CT molecular complexity index is 496. The zero-order valence-electron chi connectivity index (χ0n) is 10.9. The number of halogens is 4. The van der Waals surface area contributed by atoms with Gasteiger partial charge in [0.2, 0.25) is 0 Å². The van der Waals surface area contributed by atoms with Crippen molar-refractivity contribution in [3.63, 3.8) is 0 Å². The van der Waals surface area contributed by atoms with Crippen LogP contribution in [0.15, 0.2) is 18.2 Å². The average molecular weight is 288 g/mol. The van der Waals surface area contributed by atoms with E-state index in [9.17, 15) is 17.6 Å². The maximum absolute atomic E-state index is 13.2. The second kappa shape index (κ2) is 4.91. The molecule has 1 aromatic carbocycles. The molecule has 0 bridgehead atoms. The summed E-state index contributed by atoms with van der Waals surface area (Å²) < 4.78 is 51.1. The van der Waals surface area contributed by atoms with Crippen LogP contribution in [0.5, 0.6) is 0 Å². The molecule has 2 aliphatic rings. The lowest BCUT2D eigenvalue weighted by molar-refractivity contribution is -0.139. The number of hydrogen-bond donors (Lipinski definition) is 1. The molecule has 1 atom stereocenters. The summed E-state index contributed by atoms with van der Waals surface area (Å²) in [6.45, 7) is 1.83. The molecule has 1 saturated carbocycles. The maximum atomic E-state index is 13.2. The van der Waals surface area contributed by atoms with E-state index in [1.165, 1.54) is 18.9 Å². The van der Waals surface area contributed by atoms with Crippen molar-refractivity contribution in [2.75, 3.05) is 18.4 Å². The van der Waals surface area contributed by atoms with Crippen LogP contribution in [0.3, 0.4) is 0 Å². The van der Waals surface area contributed by atoms with Crippen molar-refractivity contribution >= 4 is 5.69 Å². The standard InChI is InChI=1S/C14H16F4N2/c15-13-4-1-9(7-12(13)14(16,17)18)19-10-5-6-20(8-10)11-2-3-11/h1,4,7,10-11,19H,2-3,5-6,8H2. The van der Waals surface area contributed by atoms with E-state index in [2.05, 4.69) is 10.2 Å². The number of rotatable bonds is 3. The first kappa shape index (κ1) is 13.7. The fourth-order valence-corrected chi connectivity index (χ4v) is 2.74. The number of nitrogens with zero attached hydrogens (tertiary/aromatic N) is 1. The number of nitrogens with one attached hydrogen (secondary N) is 1. The van der Waals surface area contributed by atoms with Gasteiger partial charge in [0.25, 0.3) is 0 Å².